The number of aliphatic hydroxyl groups excluding tert-OH is 1. The summed E-state index contributed by atoms with van der Waals surface area (Å²) in [5.41, 5.74) is 2.45. The first-order valence-corrected chi connectivity index (χ1v) is 8.58. The lowest BCUT2D eigenvalue weighted by atomic mass is 10.1. The molecule has 3 N–H and O–H groups in total. The molecule has 2 aromatic carbocycles. The van der Waals surface area contributed by atoms with E-state index in [0.29, 0.717) is 18.0 Å². The van der Waals surface area contributed by atoms with Gasteiger partial charge in [0, 0.05) is 25.3 Å². The molecule has 0 radical (unpaired) electrons. The highest BCUT2D eigenvalue weighted by Crippen LogP contribution is 2.24. The topological polar surface area (TPSA) is 75.5 Å². The molecule has 0 aliphatic rings. The van der Waals surface area contributed by atoms with E-state index in [1.807, 2.05) is 61.1 Å². The summed E-state index contributed by atoms with van der Waals surface area (Å²) in [6.07, 6.45) is 1.19. The Morgan fingerprint density at radius 1 is 1.23 bits per heavy atom. The number of amides is 2. The Hall–Kier alpha value is -2.99. The highest BCUT2D eigenvalue weighted by Gasteiger charge is 2.12. The summed E-state index contributed by atoms with van der Waals surface area (Å²) < 4.78 is 7.50. The molecule has 0 spiro atoms. The number of nitrogens with zero attached hydrogens (tertiary/aromatic N) is 1. The van der Waals surface area contributed by atoms with Gasteiger partial charge in [0.15, 0.2) is 0 Å². The standard InChI is InChI=1S/C20H23N3O3/c1-3-26-19-7-5-4-6-16(19)22-20(25)21-13-18(24)15-8-9-17-14(12-15)10-11-23(17)2/h4-12,18,24H,3,13H2,1-2H3,(H2,21,22,25). The zero-order valence-electron chi connectivity index (χ0n) is 14.9. The van der Waals surface area contributed by atoms with Crippen LogP contribution in [-0.4, -0.2) is 28.9 Å². The zero-order valence-corrected chi connectivity index (χ0v) is 14.9. The number of ether oxygens (including phenoxy) is 1. The monoisotopic (exact) mass is 353 g/mol. The average molecular weight is 353 g/mol. The van der Waals surface area contributed by atoms with Gasteiger partial charge in [-0.1, -0.05) is 18.2 Å². The molecule has 26 heavy (non-hydrogen) atoms. The largest absolute Gasteiger partial charge is 0.492 e. The Bertz CT molecular complexity index is 904. The maximum absolute atomic E-state index is 12.1. The van der Waals surface area contributed by atoms with Gasteiger partial charge in [0.05, 0.1) is 18.4 Å². The summed E-state index contributed by atoms with van der Waals surface area (Å²) >= 11 is 0. The number of para-hydroxylation sites is 2. The van der Waals surface area contributed by atoms with Crippen molar-refractivity contribution in [3.8, 4) is 5.75 Å². The second kappa shape index (κ2) is 7.93. The van der Waals surface area contributed by atoms with Crippen molar-refractivity contribution in [2.75, 3.05) is 18.5 Å². The average Bonchev–Trinajstić information content (AvgIpc) is 3.02. The minimum absolute atomic E-state index is 0.112. The van der Waals surface area contributed by atoms with Crippen molar-refractivity contribution in [3.63, 3.8) is 0 Å². The fourth-order valence-corrected chi connectivity index (χ4v) is 2.83. The second-order valence-electron chi connectivity index (χ2n) is 6.02. The molecule has 1 heterocycles. The third-order valence-corrected chi connectivity index (χ3v) is 4.19. The number of anilines is 1. The van der Waals surface area contributed by atoms with E-state index in [2.05, 4.69) is 10.6 Å². The predicted octanol–water partition coefficient (Wildman–Crippen LogP) is 3.43. The number of hydrogen-bond acceptors (Lipinski definition) is 3. The van der Waals surface area contributed by atoms with Gasteiger partial charge >= 0.3 is 6.03 Å². The quantitative estimate of drug-likeness (QED) is 0.635. The molecule has 6 heteroatoms. The van der Waals surface area contributed by atoms with Gasteiger partial charge in [-0.15, -0.1) is 0 Å². The van der Waals surface area contributed by atoms with Crippen molar-refractivity contribution in [1.82, 2.24) is 9.88 Å². The molecule has 0 fully saturated rings. The van der Waals surface area contributed by atoms with E-state index < -0.39 is 12.1 Å². The van der Waals surface area contributed by atoms with Crippen LogP contribution in [0.4, 0.5) is 10.5 Å². The highest BCUT2D eigenvalue weighted by atomic mass is 16.5. The van der Waals surface area contributed by atoms with Gasteiger partial charge in [0.1, 0.15) is 5.75 Å². The third-order valence-electron chi connectivity index (χ3n) is 4.19. The molecule has 0 bridgehead atoms. The molecule has 1 unspecified atom stereocenters. The van der Waals surface area contributed by atoms with Crippen LogP contribution in [0, 0.1) is 0 Å². The molecular formula is C20H23N3O3. The van der Waals surface area contributed by atoms with E-state index in [4.69, 9.17) is 4.74 Å². The normalized spacial score (nSPS) is 12.0. The first-order chi connectivity index (χ1) is 12.6. The lowest BCUT2D eigenvalue weighted by Gasteiger charge is -2.15. The molecule has 0 saturated heterocycles. The summed E-state index contributed by atoms with van der Waals surface area (Å²) in [5.74, 6) is 0.611. The fourth-order valence-electron chi connectivity index (χ4n) is 2.83. The molecule has 0 aliphatic heterocycles. The SMILES string of the molecule is CCOc1ccccc1NC(=O)NCC(O)c1ccc2c(ccn2C)c1. The van der Waals surface area contributed by atoms with E-state index in [1.54, 1.807) is 12.1 Å². The molecule has 3 rings (SSSR count). The fraction of sp³-hybridized carbons (Fsp3) is 0.250. The Morgan fingerprint density at radius 3 is 2.85 bits per heavy atom. The zero-order chi connectivity index (χ0) is 18.5. The van der Waals surface area contributed by atoms with Crippen molar-refractivity contribution >= 4 is 22.6 Å². The van der Waals surface area contributed by atoms with Gasteiger partial charge in [-0.05, 0) is 48.2 Å². The maximum Gasteiger partial charge on any atom is 0.319 e. The molecule has 1 aromatic heterocycles. The summed E-state index contributed by atoms with van der Waals surface area (Å²) in [6, 6.07) is 14.6. The third kappa shape index (κ3) is 3.97. The predicted molar refractivity (Wildman–Crippen MR) is 103 cm³/mol. The lowest BCUT2D eigenvalue weighted by molar-refractivity contribution is 0.175. The van der Waals surface area contributed by atoms with Crippen molar-refractivity contribution in [2.45, 2.75) is 13.0 Å². The Morgan fingerprint density at radius 2 is 2.04 bits per heavy atom. The molecule has 0 saturated carbocycles. The van der Waals surface area contributed by atoms with Crippen LogP contribution in [0.25, 0.3) is 10.9 Å². The van der Waals surface area contributed by atoms with Crippen molar-refractivity contribution in [2.24, 2.45) is 7.05 Å². The first kappa shape index (κ1) is 17.8. The number of urea groups is 1. The van der Waals surface area contributed by atoms with E-state index in [-0.39, 0.29) is 6.54 Å². The Kier molecular flexibility index (Phi) is 5.43. The number of nitrogens with one attached hydrogen (secondary N) is 2. The van der Waals surface area contributed by atoms with E-state index in [0.717, 1.165) is 16.5 Å². The number of carbonyl (C=O) groups excluding carboxylic acids is 1. The van der Waals surface area contributed by atoms with Gasteiger partial charge in [0.25, 0.3) is 0 Å². The van der Waals surface area contributed by atoms with Crippen LogP contribution in [0.5, 0.6) is 5.75 Å². The summed E-state index contributed by atoms with van der Waals surface area (Å²) in [6.45, 7) is 2.51. The number of benzene rings is 2. The van der Waals surface area contributed by atoms with Gasteiger partial charge in [0.2, 0.25) is 0 Å². The molecule has 136 valence electrons. The number of carbonyl (C=O) groups is 1. The maximum atomic E-state index is 12.1. The van der Waals surface area contributed by atoms with Crippen molar-refractivity contribution < 1.29 is 14.6 Å². The van der Waals surface area contributed by atoms with Crippen molar-refractivity contribution in [1.29, 1.82) is 0 Å². The lowest BCUT2D eigenvalue weighted by Crippen LogP contribution is -2.32. The van der Waals surface area contributed by atoms with Crippen LogP contribution >= 0.6 is 0 Å². The number of rotatable bonds is 6. The Labute approximate surface area is 152 Å². The smallest absolute Gasteiger partial charge is 0.319 e. The summed E-state index contributed by atoms with van der Waals surface area (Å²) in [4.78, 5) is 12.1. The van der Waals surface area contributed by atoms with Crippen LogP contribution in [-0.2, 0) is 7.05 Å². The number of aliphatic hydroxyl groups is 1. The first-order valence-electron chi connectivity index (χ1n) is 8.58. The number of aromatic nitrogens is 1. The van der Waals surface area contributed by atoms with Crippen LogP contribution < -0.4 is 15.4 Å². The molecule has 1 atom stereocenters. The molecule has 3 aromatic rings. The number of fused-ring (bicyclic) bond motifs is 1. The summed E-state index contributed by atoms with van der Waals surface area (Å²) in [5, 5.41) is 16.9. The number of hydrogen-bond donors (Lipinski definition) is 3. The number of aryl methyl sites for hydroxylation is 1. The molecule has 6 nitrogen and oxygen atoms in total. The molecule has 0 aliphatic carbocycles. The molecule has 2 amide bonds. The highest BCUT2D eigenvalue weighted by molar-refractivity contribution is 5.91. The van der Waals surface area contributed by atoms with E-state index in [1.165, 1.54) is 0 Å². The second-order valence-corrected chi connectivity index (χ2v) is 6.02. The van der Waals surface area contributed by atoms with Gasteiger partial charge < -0.3 is 25.0 Å². The van der Waals surface area contributed by atoms with Crippen LogP contribution in [0.2, 0.25) is 0 Å². The van der Waals surface area contributed by atoms with E-state index >= 15 is 0 Å². The molecular weight excluding hydrogens is 330 g/mol. The Balaban J connectivity index is 1.60. The van der Waals surface area contributed by atoms with Crippen LogP contribution in [0.15, 0.2) is 54.7 Å². The minimum Gasteiger partial charge on any atom is -0.492 e. The van der Waals surface area contributed by atoms with Crippen molar-refractivity contribution in [3.05, 3.63) is 60.3 Å². The van der Waals surface area contributed by atoms with Crippen LogP contribution in [0.1, 0.15) is 18.6 Å². The van der Waals surface area contributed by atoms with Gasteiger partial charge in [-0.2, -0.15) is 0 Å². The summed E-state index contributed by atoms with van der Waals surface area (Å²) in [7, 11) is 1.98. The van der Waals surface area contributed by atoms with Gasteiger partial charge in [-0.25, -0.2) is 4.79 Å². The van der Waals surface area contributed by atoms with Gasteiger partial charge in [-0.3, -0.25) is 0 Å². The van der Waals surface area contributed by atoms with E-state index in [9.17, 15) is 9.90 Å². The van der Waals surface area contributed by atoms with Crippen LogP contribution in [0.3, 0.4) is 0 Å². The minimum atomic E-state index is -0.785.